The van der Waals surface area contributed by atoms with Gasteiger partial charge in [0.05, 0.1) is 23.7 Å². The van der Waals surface area contributed by atoms with Gasteiger partial charge in [-0.2, -0.15) is 4.31 Å². The number of ketones is 1. The number of carbonyl (C=O) groups excluding carboxylic acids is 2. The zero-order chi connectivity index (χ0) is 20.1. The Labute approximate surface area is 171 Å². The van der Waals surface area contributed by atoms with Crippen LogP contribution in [0.1, 0.15) is 20.7 Å². The Bertz CT molecular complexity index is 971. The number of Topliss-reactive ketones (excluding diaryl/α,β-unsaturated/α-hetero) is 1. The van der Waals surface area contributed by atoms with Crippen LogP contribution in [0.15, 0.2) is 57.9 Å². The number of benzene rings is 2. The lowest BCUT2D eigenvalue weighted by atomic mass is 10.1. The van der Waals surface area contributed by atoms with Gasteiger partial charge in [0.1, 0.15) is 0 Å². The van der Waals surface area contributed by atoms with Crippen molar-refractivity contribution in [2.24, 2.45) is 0 Å². The van der Waals surface area contributed by atoms with Crippen LogP contribution in [-0.4, -0.2) is 57.4 Å². The maximum atomic E-state index is 12.9. The average molecular weight is 468 g/mol. The number of esters is 1. The third-order valence-corrected chi connectivity index (χ3v) is 7.08. The summed E-state index contributed by atoms with van der Waals surface area (Å²) in [6.45, 7) is 0.703. The Kier molecular flexibility index (Phi) is 6.61. The van der Waals surface area contributed by atoms with Gasteiger partial charge in [-0.15, -0.1) is 0 Å². The smallest absolute Gasteiger partial charge is 0.338 e. The highest BCUT2D eigenvalue weighted by Crippen LogP contribution is 2.27. The molecule has 3 rings (SSSR count). The van der Waals surface area contributed by atoms with Gasteiger partial charge in [-0.3, -0.25) is 4.79 Å². The summed E-state index contributed by atoms with van der Waals surface area (Å²) < 4.78 is 37.6. The van der Waals surface area contributed by atoms with Crippen molar-refractivity contribution < 1.29 is 27.5 Å². The average Bonchev–Trinajstić information content (AvgIpc) is 2.73. The molecule has 2 aromatic carbocycles. The monoisotopic (exact) mass is 467 g/mol. The van der Waals surface area contributed by atoms with Gasteiger partial charge in [-0.1, -0.05) is 30.3 Å². The summed E-state index contributed by atoms with van der Waals surface area (Å²) in [7, 11) is -3.79. The maximum Gasteiger partial charge on any atom is 0.338 e. The van der Waals surface area contributed by atoms with E-state index in [2.05, 4.69) is 15.9 Å². The minimum absolute atomic E-state index is 0.0294. The molecule has 1 aliphatic heterocycles. The second-order valence-corrected chi connectivity index (χ2v) is 8.79. The van der Waals surface area contributed by atoms with Crippen LogP contribution in [0, 0.1) is 0 Å². The second kappa shape index (κ2) is 8.95. The van der Waals surface area contributed by atoms with Crippen molar-refractivity contribution in [2.75, 3.05) is 32.9 Å². The van der Waals surface area contributed by atoms with Crippen molar-refractivity contribution in [1.29, 1.82) is 0 Å². The largest absolute Gasteiger partial charge is 0.454 e. The number of rotatable bonds is 6. The number of morpholine rings is 1. The van der Waals surface area contributed by atoms with E-state index in [0.29, 0.717) is 23.2 Å². The summed E-state index contributed by atoms with van der Waals surface area (Å²) in [6.07, 6.45) is 0. The number of ether oxygens (including phenoxy) is 2. The number of sulfonamides is 1. The van der Waals surface area contributed by atoms with Crippen molar-refractivity contribution in [3.05, 3.63) is 64.1 Å². The van der Waals surface area contributed by atoms with E-state index >= 15 is 0 Å². The molecule has 0 aliphatic carbocycles. The third kappa shape index (κ3) is 4.67. The van der Waals surface area contributed by atoms with Crippen LogP contribution in [0.4, 0.5) is 0 Å². The second-order valence-electron chi connectivity index (χ2n) is 6.03. The quantitative estimate of drug-likeness (QED) is 0.478. The van der Waals surface area contributed by atoms with E-state index in [9.17, 15) is 18.0 Å². The van der Waals surface area contributed by atoms with Crippen LogP contribution in [0.2, 0.25) is 0 Å². The zero-order valence-corrected chi connectivity index (χ0v) is 17.2. The molecule has 0 amide bonds. The highest BCUT2D eigenvalue weighted by molar-refractivity contribution is 9.10. The summed E-state index contributed by atoms with van der Waals surface area (Å²) in [6, 6.07) is 12.6. The highest BCUT2D eigenvalue weighted by atomic mass is 79.9. The van der Waals surface area contributed by atoms with E-state index in [1.165, 1.54) is 22.5 Å². The first kappa shape index (κ1) is 20.7. The standard InChI is InChI=1S/C19H18BrNO6S/c20-16-7-6-15(12-18(16)28(24,25)21-8-10-26-11-9-21)19(23)27-13-17(22)14-4-2-1-3-5-14/h1-7,12H,8-11,13H2. The fourth-order valence-electron chi connectivity index (χ4n) is 2.68. The SMILES string of the molecule is O=C(COC(=O)c1ccc(Br)c(S(=O)(=O)N2CCOCC2)c1)c1ccccc1. The lowest BCUT2D eigenvalue weighted by Crippen LogP contribution is -2.40. The van der Waals surface area contributed by atoms with E-state index in [-0.39, 0.29) is 29.3 Å². The number of nitrogens with zero attached hydrogens (tertiary/aromatic N) is 1. The van der Waals surface area contributed by atoms with Crippen LogP contribution in [-0.2, 0) is 19.5 Å². The van der Waals surface area contributed by atoms with Gasteiger partial charge >= 0.3 is 5.97 Å². The Hall–Kier alpha value is -2.07. The first-order chi connectivity index (χ1) is 13.4. The van der Waals surface area contributed by atoms with E-state index < -0.39 is 22.6 Å². The number of carbonyl (C=O) groups is 2. The Morgan fingerprint density at radius 3 is 2.39 bits per heavy atom. The van der Waals surface area contributed by atoms with Gasteiger partial charge in [0, 0.05) is 23.1 Å². The Balaban J connectivity index is 1.75. The fourth-order valence-corrected chi connectivity index (χ4v) is 5.03. The van der Waals surface area contributed by atoms with Gasteiger partial charge in [0.2, 0.25) is 10.0 Å². The van der Waals surface area contributed by atoms with Gasteiger partial charge in [0.25, 0.3) is 0 Å². The zero-order valence-electron chi connectivity index (χ0n) is 14.8. The molecule has 148 valence electrons. The minimum atomic E-state index is -3.79. The molecule has 0 spiro atoms. The van der Waals surface area contributed by atoms with E-state index in [1.54, 1.807) is 30.3 Å². The van der Waals surface area contributed by atoms with Crippen LogP contribution in [0.3, 0.4) is 0 Å². The van der Waals surface area contributed by atoms with Crippen molar-refractivity contribution in [1.82, 2.24) is 4.31 Å². The van der Waals surface area contributed by atoms with Crippen molar-refractivity contribution in [2.45, 2.75) is 4.90 Å². The molecule has 2 aromatic rings. The molecular formula is C19H18BrNO6S. The number of halogens is 1. The Morgan fingerprint density at radius 2 is 1.71 bits per heavy atom. The summed E-state index contributed by atoms with van der Waals surface area (Å²) >= 11 is 3.23. The molecule has 1 fully saturated rings. The lowest BCUT2D eigenvalue weighted by Gasteiger charge is -2.26. The van der Waals surface area contributed by atoms with Gasteiger partial charge in [-0.05, 0) is 34.1 Å². The van der Waals surface area contributed by atoms with Gasteiger partial charge in [-0.25, -0.2) is 13.2 Å². The summed E-state index contributed by atoms with van der Waals surface area (Å²) in [5, 5.41) is 0. The fraction of sp³-hybridized carbons (Fsp3) is 0.263. The molecule has 0 saturated carbocycles. The predicted molar refractivity (Wildman–Crippen MR) is 105 cm³/mol. The molecule has 9 heteroatoms. The third-order valence-electron chi connectivity index (χ3n) is 4.18. The van der Waals surface area contributed by atoms with Gasteiger partial charge in [0.15, 0.2) is 12.4 Å². The summed E-state index contributed by atoms with van der Waals surface area (Å²) in [5.74, 6) is -1.11. The van der Waals surface area contributed by atoms with Crippen LogP contribution < -0.4 is 0 Å². The molecule has 7 nitrogen and oxygen atoms in total. The molecule has 0 atom stereocenters. The predicted octanol–water partition coefficient (Wildman–Crippen LogP) is 2.51. The van der Waals surface area contributed by atoms with Gasteiger partial charge < -0.3 is 9.47 Å². The number of hydrogen-bond acceptors (Lipinski definition) is 6. The normalized spacial score (nSPS) is 15.2. The van der Waals surface area contributed by atoms with Crippen molar-refractivity contribution in [3.63, 3.8) is 0 Å². The first-order valence-corrected chi connectivity index (χ1v) is 10.8. The van der Waals surface area contributed by atoms with Crippen LogP contribution in [0.25, 0.3) is 0 Å². The molecule has 28 heavy (non-hydrogen) atoms. The Morgan fingerprint density at radius 1 is 1.04 bits per heavy atom. The molecule has 0 aromatic heterocycles. The van der Waals surface area contributed by atoms with E-state index in [4.69, 9.17) is 9.47 Å². The van der Waals surface area contributed by atoms with E-state index in [0.717, 1.165) is 0 Å². The van der Waals surface area contributed by atoms with Crippen LogP contribution >= 0.6 is 15.9 Å². The minimum Gasteiger partial charge on any atom is -0.454 e. The molecular weight excluding hydrogens is 450 g/mol. The topological polar surface area (TPSA) is 90.0 Å². The maximum absolute atomic E-state index is 12.9. The molecule has 0 unspecified atom stereocenters. The summed E-state index contributed by atoms with van der Waals surface area (Å²) in [5.41, 5.74) is 0.484. The van der Waals surface area contributed by atoms with Crippen molar-refractivity contribution in [3.8, 4) is 0 Å². The molecule has 0 bridgehead atoms. The highest BCUT2D eigenvalue weighted by Gasteiger charge is 2.29. The molecule has 0 radical (unpaired) electrons. The first-order valence-electron chi connectivity index (χ1n) is 8.52. The molecule has 0 N–H and O–H groups in total. The molecule has 1 heterocycles. The molecule has 1 saturated heterocycles. The lowest BCUT2D eigenvalue weighted by molar-refractivity contribution is 0.0474. The summed E-state index contributed by atoms with van der Waals surface area (Å²) in [4.78, 5) is 24.4. The van der Waals surface area contributed by atoms with E-state index in [1.807, 2.05) is 0 Å². The number of hydrogen-bond donors (Lipinski definition) is 0. The van der Waals surface area contributed by atoms with Crippen molar-refractivity contribution >= 4 is 37.7 Å². The van der Waals surface area contributed by atoms with Crippen LogP contribution in [0.5, 0.6) is 0 Å². The molecule has 1 aliphatic rings.